The molecule has 1 heterocycles. The van der Waals surface area contributed by atoms with Crippen molar-refractivity contribution in [2.24, 2.45) is 5.73 Å². The molecule has 1 aromatic carbocycles. The van der Waals surface area contributed by atoms with Gasteiger partial charge in [0.05, 0.1) is 0 Å². The van der Waals surface area contributed by atoms with Gasteiger partial charge < -0.3 is 21.7 Å². The molecule has 1 saturated carbocycles. The van der Waals surface area contributed by atoms with Crippen LogP contribution in [0.2, 0.25) is 0 Å². The standard InChI is InChI=1S/C21H25F3N6O/c1-12-10-17(11-18(27-12)21(22,23)24)28-14-6-8-15(9-7-14)29-19(31)13-2-4-16(5-3-13)30-20(25)26/h2-5,10-11,14-15H,6-9H2,1H3,(H,27,28)(H,29,31)(H4,25,26,30)/t14-,15+. The molecule has 0 unspecified atom stereocenters. The number of benzene rings is 1. The second kappa shape index (κ2) is 9.23. The molecule has 31 heavy (non-hydrogen) atoms. The third-order valence-corrected chi connectivity index (χ3v) is 5.10. The summed E-state index contributed by atoms with van der Waals surface area (Å²) in [5, 5.41) is 16.0. The molecule has 1 amide bonds. The van der Waals surface area contributed by atoms with Gasteiger partial charge in [0, 0.05) is 34.7 Å². The van der Waals surface area contributed by atoms with E-state index in [0.29, 0.717) is 22.6 Å². The SMILES string of the molecule is Cc1cc(N[C@H]2CC[C@@H](NC(=O)c3ccc(NC(=N)N)cc3)CC2)cc(C(F)(F)F)n1. The van der Waals surface area contributed by atoms with E-state index in [1.807, 2.05) is 0 Å². The zero-order chi connectivity index (χ0) is 22.6. The van der Waals surface area contributed by atoms with Crippen molar-refractivity contribution in [3.63, 3.8) is 0 Å². The lowest BCUT2D eigenvalue weighted by atomic mass is 9.90. The van der Waals surface area contributed by atoms with Crippen molar-refractivity contribution >= 4 is 23.2 Å². The summed E-state index contributed by atoms with van der Waals surface area (Å²) in [5.74, 6) is -0.371. The summed E-state index contributed by atoms with van der Waals surface area (Å²) in [6.07, 6.45) is -1.57. The number of amides is 1. The van der Waals surface area contributed by atoms with Crippen molar-refractivity contribution < 1.29 is 18.0 Å². The van der Waals surface area contributed by atoms with Crippen molar-refractivity contribution in [1.82, 2.24) is 10.3 Å². The molecule has 10 heteroatoms. The number of hydrogen-bond acceptors (Lipinski definition) is 4. The molecule has 6 N–H and O–H groups in total. The van der Waals surface area contributed by atoms with Gasteiger partial charge in [0.1, 0.15) is 5.69 Å². The first kappa shape index (κ1) is 22.4. The largest absolute Gasteiger partial charge is 0.433 e. The molecular weight excluding hydrogens is 409 g/mol. The summed E-state index contributed by atoms with van der Waals surface area (Å²) in [6, 6.07) is 9.32. The molecule has 0 radical (unpaired) electrons. The number of aromatic nitrogens is 1. The number of pyridine rings is 1. The second-order valence-electron chi connectivity index (χ2n) is 7.66. The molecule has 2 aromatic rings. The predicted molar refractivity (Wildman–Crippen MR) is 113 cm³/mol. The maximum absolute atomic E-state index is 13.0. The molecule has 3 rings (SSSR count). The Hall–Kier alpha value is -3.30. The van der Waals surface area contributed by atoms with Gasteiger partial charge in [-0.15, -0.1) is 0 Å². The van der Waals surface area contributed by atoms with Gasteiger partial charge >= 0.3 is 6.18 Å². The predicted octanol–water partition coefficient (Wildman–Crippen LogP) is 3.87. The number of anilines is 2. The minimum absolute atomic E-state index is 0.00508. The van der Waals surface area contributed by atoms with Crippen LogP contribution in [0.3, 0.4) is 0 Å². The molecule has 7 nitrogen and oxygen atoms in total. The lowest BCUT2D eigenvalue weighted by Gasteiger charge is -2.30. The summed E-state index contributed by atoms with van der Waals surface area (Å²) < 4.78 is 38.9. The molecule has 0 aliphatic heterocycles. The van der Waals surface area contributed by atoms with Crippen LogP contribution in [-0.4, -0.2) is 28.9 Å². The number of hydrogen-bond donors (Lipinski definition) is 5. The Morgan fingerprint density at radius 2 is 1.68 bits per heavy atom. The average molecular weight is 434 g/mol. The molecule has 1 aromatic heterocycles. The highest BCUT2D eigenvalue weighted by molar-refractivity contribution is 5.95. The fraction of sp³-hybridized carbons (Fsp3) is 0.381. The number of nitrogens with two attached hydrogens (primary N) is 1. The number of halogens is 3. The van der Waals surface area contributed by atoms with E-state index in [-0.39, 0.29) is 24.0 Å². The van der Waals surface area contributed by atoms with Gasteiger partial charge in [0.25, 0.3) is 5.91 Å². The van der Waals surface area contributed by atoms with E-state index in [4.69, 9.17) is 11.1 Å². The quantitative estimate of drug-likeness (QED) is 0.362. The Morgan fingerprint density at radius 3 is 2.26 bits per heavy atom. The molecule has 0 atom stereocenters. The van der Waals surface area contributed by atoms with Crippen molar-refractivity contribution in [2.45, 2.75) is 50.9 Å². The highest BCUT2D eigenvalue weighted by atomic mass is 19.4. The fourth-order valence-corrected chi connectivity index (χ4v) is 3.64. The Morgan fingerprint density at radius 1 is 1.06 bits per heavy atom. The van der Waals surface area contributed by atoms with Gasteiger partial charge in [0.15, 0.2) is 5.96 Å². The first-order valence-electron chi connectivity index (χ1n) is 9.94. The van der Waals surface area contributed by atoms with Gasteiger partial charge in [-0.2, -0.15) is 13.2 Å². The van der Waals surface area contributed by atoms with Crippen LogP contribution in [0.15, 0.2) is 36.4 Å². The summed E-state index contributed by atoms with van der Waals surface area (Å²) >= 11 is 0. The van der Waals surface area contributed by atoms with Crippen LogP contribution in [0.5, 0.6) is 0 Å². The average Bonchev–Trinajstić information content (AvgIpc) is 2.68. The monoisotopic (exact) mass is 434 g/mol. The van der Waals surface area contributed by atoms with Crippen LogP contribution in [0.4, 0.5) is 24.5 Å². The van der Waals surface area contributed by atoms with Crippen molar-refractivity contribution in [3.05, 3.63) is 53.3 Å². The van der Waals surface area contributed by atoms with Crippen molar-refractivity contribution in [1.29, 1.82) is 5.41 Å². The van der Waals surface area contributed by atoms with E-state index in [9.17, 15) is 18.0 Å². The van der Waals surface area contributed by atoms with Crippen LogP contribution in [0.25, 0.3) is 0 Å². The summed E-state index contributed by atoms with van der Waals surface area (Å²) in [7, 11) is 0. The molecule has 166 valence electrons. The molecule has 1 aliphatic carbocycles. The lowest BCUT2D eigenvalue weighted by Crippen LogP contribution is -2.40. The summed E-state index contributed by atoms with van der Waals surface area (Å²) in [4.78, 5) is 16.0. The Labute approximate surface area is 178 Å². The van der Waals surface area contributed by atoms with E-state index in [2.05, 4.69) is 20.9 Å². The van der Waals surface area contributed by atoms with Gasteiger partial charge in [-0.25, -0.2) is 4.98 Å². The van der Waals surface area contributed by atoms with E-state index >= 15 is 0 Å². The zero-order valence-corrected chi connectivity index (χ0v) is 17.0. The van der Waals surface area contributed by atoms with Gasteiger partial charge in [0.2, 0.25) is 0 Å². The fourth-order valence-electron chi connectivity index (χ4n) is 3.64. The normalized spacial score (nSPS) is 18.8. The first-order valence-corrected chi connectivity index (χ1v) is 9.94. The summed E-state index contributed by atoms with van der Waals surface area (Å²) in [5.41, 5.74) is 6.21. The van der Waals surface area contributed by atoms with Crippen LogP contribution >= 0.6 is 0 Å². The smallest absolute Gasteiger partial charge is 0.382 e. The maximum atomic E-state index is 13.0. The van der Waals surface area contributed by atoms with Crippen LogP contribution in [-0.2, 0) is 6.18 Å². The first-order chi connectivity index (χ1) is 14.6. The lowest BCUT2D eigenvalue weighted by molar-refractivity contribution is -0.141. The number of guanidine groups is 1. The number of aryl methyl sites for hydroxylation is 1. The third-order valence-electron chi connectivity index (χ3n) is 5.10. The second-order valence-corrected chi connectivity index (χ2v) is 7.66. The molecular formula is C21H25F3N6O. The third kappa shape index (κ3) is 6.34. The molecule has 0 spiro atoms. The number of alkyl halides is 3. The van der Waals surface area contributed by atoms with Crippen molar-refractivity contribution in [3.8, 4) is 0 Å². The zero-order valence-electron chi connectivity index (χ0n) is 17.0. The Kier molecular flexibility index (Phi) is 6.67. The van der Waals surface area contributed by atoms with Crippen LogP contribution < -0.4 is 21.7 Å². The van der Waals surface area contributed by atoms with Crippen molar-refractivity contribution in [2.75, 3.05) is 10.6 Å². The van der Waals surface area contributed by atoms with Crippen LogP contribution in [0, 0.1) is 12.3 Å². The van der Waals surface area contributed by atoms with E-state index in [1.165, 1.54) is 6.92 Å². The maximum Gasteiger partial charge on any atom is 0.433 e. The molecule has 0 saturated heterocycles. The van der Waals surface area contributed by atoms with E-state index < -0.39 is 11.9 Å². The number of nitrogens with one attached hydrogen (secondary N) is 4. The Bertz CT molecular complexity index is 937. The van der Waals surface area contributed by atoms with Gasteiger partial charge in [-0.05, 0) is 69.0 Å². The number of rotatable bonds is 5. The minimum atomic E-state index is -4.48. The minimum Gasteiger partial charge on any atom is -0.382 e. The molecule has 0 bridgehead atoms. The van der Waals surface area contributed by atoms with Gasteiger partial charge in [-0.3, -0.25) is 10.2 Å². The molecule has 1 aliphatic rings. The number of carbonyl (C=O) groups excluding carboxylic acids is 1. The van der Waals surface area contributed by atoms with E-state index in [0.717, 1.165) is 31.7 Å². The van der Waals surface area contributed by atoms with Crippen LogP contribution in [0.1, 0.15) is 47.4 Å². The number of carbonyl (C=O) groups is 1. The summed E-state index contributed by atoms with van der Waals surface area (Å²) in [6.45, 7) is 1.54. The highest BCUT2D eigenvalue weighted by Gasteiger charge is 2.33. The van der Waals surface area contributed by atoms with Gasteiger partial charge in [-0.1, -0.05) is 0 Å². The topological polar surface area (TPSA) is 116 Å². The molecule has 1 fully saturated rings. The number of nitrogens with zero attached hydrogens (tertiary/aromatic N) is 1. The Balaban J connectivity index is 1.51. The van der Waals surface area contributed by atoms with E-state index in [1.54, 1.807) is 30.3 Å². The highest BCUT2D eigenvalue weighted by Crippen LogP contribution is 2.31.